The van der Waals surface area contributed by atoms with Crippen molar-refractivity contribution in [3.05, 3.63) is 72.3 Å². The van der Waals surface area contributed by atoms with Gasteiger partial charge in [-0.3, -0.25) is 9.36 Å². The zero-order valence-corrected chi connectivity index (χ0v) is 19.9. The highest BCUT2D eigenvalue weighted by molar-refractivity contribution is 5.93. The minimum atomic E-state index is -0.887. The molecule has 7 heteroatoms. The summed E-state index contributed by atoms with van der Waals surface area (Å²) in [7, 11) is 0. The van der Waals surface area contributed by atoms with E-state index in [2.05, 4.69) is 24.1 Å². The van der Waals surface area contributed by atoms with E-state index in [1.54, 1.807) is 23.0 Å². The Hall–Kier alpha value is -3.06. The zero-order valence-electron chi connectivity index (χ0n) is 19.9. The van der Waals surface area contributed by atoms with Gasteiger partial charge in [0.15, 0.2) is 11.6 Å². The lowest BCUT2D eigenvalue weighted by Crippen LogP contribution is -2.27. The van der Waals surface area contributed by atoms with Gasteiger partial charge >= 0.3 is 0 Å². The molecule has 0 radical (unpaired) electrons. The Balaban J connectivity index is 1.51. The molecule has 34 heavy (non-hydrogen) atoms. The number of hydrogen-bond donors (Lipinski definition) is 1. The molecule has 0 bridgehead atoms. The third-order valence-electron chi connectivity index (χ3n) is 5.92. The molecule has 182 valence electrons. The second-order valence-electron chi connectivity index (χ2n) is 8.43. The maximum atomic E-state index is 13.5. The van der Waals surface area contributed by atoms with Crippen LogP contribution in [0, 0.1) is 17.6 Å². The summed E-state index contributed by atoms with van der Waals surface area (Å²) in [6.07, 6.45) is 8.61. The summed E-state index contributed by atoms with van der Waals surface area (Å²) >= 11 is 0. The number of amides is 1. The molecule has 2 aromatic carbocycles. The molecule has 0 spiro atoms. The molecule has 3 aromatic rings. The van der Waals surface area contributed by atoms with E-state index < -0.39 is 11.6 Å². The minimum absolute atomic E-state index is 0.212. The lowest BCUT2D eigenvalue weighted by atomic mass is 10.0. The first-order valence-electron chi connectivity index (χ1n) is 12.0. The van der Waals surface area contributed by atoms with Crippen molar-refractivity contribution in [2.24, 2.45) is 5.92 Å². The summed E-state index contributed by atoms with van der Waals surface area (Å²) in [5, 5.41) is 2.92. The second kappa shape index (κ2) is 13.0. The van der Waals surface area contributed by atoms with Gasteiger partial charge in [-0.25, -0.2) is 13.8 Å². The number of ether oxygens (including phenoxy) is 1. The quantitative estimate of drug-likeness (QED) is 0.305. The van der Waals surface area contributed by atoms with E-state index in [0.29, 0.717) is 30.3 Å². The normalized spacial score (nSPS) is 12.0. The number of nitrogens with zero attached hydrogens (tertiary/aromatic N) is 2. The van der Waals surface area contributed by atoms with Crippen molar-refractivity contribution in [2.45, 2.75) is 46.0 Å². The van der Waals surface area contributed by atoms with Gasteiger partial charge in [-0.2, -0.15) is 0 Å². The molecule has 0 fully saturated rings. The molecule has 1 amide bonds. The van der Waals surface area contributed by atoms with E-state index in [9.17, 15) is 13.6 Å². The molecular weight excluding hydrogens is 436 g/mol. The highest BCUT2D eigenvalue weighted by Gasteiger charge is 2.13. The Morgan fingerprint density at radius 3 is 2.53 bits per heavy atom. The second-order valence-corrected chi connectivity index (χ2v) is 8.43. The summed E-state index contributed by atoms with van der Waals surface area (Å²) in [5.41, 5.74) is 2.49. The number of nitrogens with one attached hydrogen (secondary N) is 1. The summed E-state index contributed by atoms with van der Waals surface area (Å²) in [6, 6.07) is 11.0. The third-order valence-corrected chi connectivity index (χ3v) is 5.92. The van der Waals surface area contributed by atoms with Gasteiger partial charge in [-0.05, 0) is 54.2 Å². The highest BCUT2D eigenvalue weighted by atomic mass is 19.2. The van der Waals surface area contributed by atoms with Gasteiger partial charge in [0.05, 0.1) is 12.5 Å². The van der Waals surface area contributed by atoms with Gasteiger partial charge in [0.1, 0.15) is 5.69 Å². The number of rotatable bonds is 13. The predicted molar refractivity (Wildman–Crippen MR) is 130 cm³/mol. The molecule has 1 atom stereocenters. The fourth-order valence-electron chi connectivity index (χ4n) is 3.77. The van der Waals surface area contributed by atoms with Gasteiger partial charge in [0.25, 0.3) is 5.91 Å². The Labute approximate surface area is 200 Å². The van der Waals surface area contributed by atoms with E-state index in [1.165, 1.54) is 31.5 Å². The van der Waals surface area contributed by atoms with E-state index in [4.69, 9.17) is 4.74 Å². The van der Waals surface area contributed by atoms with Crippen LogP contribution in [0.4, 0.5) is 8.78 Å². The van der Waals surface area contributed by atoms with Gasteiger partial charge in [-0.15, -0.1) is 0 Å². The van der Waals surface area contributed by atoms with Crippen LogP contribution in [-0.2, 0) is 4.74 Å². The number of aromatic nitrogens is 2. The average Bonchev–Trinajstić information content (AvgIpc) is 3.35. The molecule has 0 aliphatic heterocycles. The SMILES string of the molecule is CCCCC(CC)COCCCNC(=O)c1cncn1-c1ccc(-c2ccc(F)c(F)c2)cc1. The summed E-state index contributed by atoms with van der Waals surface area (Å²) in [6.45, 7) is 6.31. The van der Waals surface area contributed by atoms with Crippen LogP contribution < -0.4 is 5.32 Å². The van der Waals surface area contributed by atoms with Crippen molar-refractivity contribution in [1.29, 1.82) is 0 Å². The molecule has 0 saturated heterocycles. The molecule has 3 rings (SSSR count). The summed E-state index contributed by atoms with van der Waals surface area (Å²) < 4.78 is 34.2. The minimum Gasteiger partial charge on any atom is -0.381 e. The van der Waals surface area contributed by atoms with Crippen LogP contribution in [-0.4, -0.2) is 35.2 Å². The molecule has 0 saturated carbocycles. The van der Waals surface area contributed by atoms with Crippen LogP contribution in [0.5, 0.6) is 0 Å². The molecule has 1 heterocycles. The van der Waals surface area contributed by atoms with E-state index in [-0.39, 0.29) is 5.91 Å². The Morgan fingerprint density at radius 1 is 1.06 bits per heavy atom. The highest BCUT2D eigenvalue weighted by Crippen LogP contribution is 2.23. The molecule has 1 N–H and O–H groups in total. The average molecular weight is 470 g/mol. The largest absolute Gasteiger partial charge is 0.381 e. The Kier molecular flexibility index (Phi) is 9.76. The van der Waals surface area contributed by atoms with E-state index >= 15 is 0 Å². The number of carbonyl (C=O) groups excluding carboxylic acids is 1. The number of imidazole rings is 1. The van der Waals surface area contributed by atoms with Crippen LogP contribution in [0.25, 0.3) is 16.8 Å². The van der Waals surface area contributed by atoms with E-state index in [1.807, 2.05) is 12.1 Å². The standard InChI is InChI=1S/C27H33F2N3O2/c1-3-5-7-20(4-2)18-34-15-6-14-31-27(33)26-17-30-19-32(26)23-11-8-21(9-12-23)22-10-13-24(28)25(29)16-22/h8-13,16-17,19-20H,3-7,14-15,18H2,1-2H3,(H,31,33). The first kappa shape index (κ1) is 25.6. The van der Waals surface area contributed by atoms with Gasteiger partial charge in [-0.1, -0.05) is 51.3 Å². The third kappa shape index (κ3) is 6.97. The van der Waals surface area contributed by atoms with Crippen LogP contribution >= 0.6 is 0 Å². The fourth-order valence-corrected chi connectivity index (χ4v) is 3.77. The van der Waals surface area contributed by atoms with Crippen LogP contribution in [0.2, 0.25) is 0 Å². The topological polar surface area (TPSA) is 56.1 Å². The smallest absolute Gasteiger partial charge is 0.269 e. The van der Waals surface area contributed by atoms with Crippen LogP contribution in [0.15, 0.2) is 55.0 Å². The van der Waals surface area contributed by atoms with Crippen molar-refractivity contribution in [2.75, 3.05) is 19.8 Å². The number of unbranched alkanes of at least 4 members (excludes halogenated alkanes) is 1. The summed E-state index contributed by atoms with van der Waals surface area (Å²) in [5.74, 6) is -1.37. The number of benzene rings is 2. The first-order chi connectivity index (χ1) is 16.5. The molecule has 0 aliphatic carbocycles. The summed E-state index contributed by atoms with van der Waals surface area (Å²) in [4.78, 5) is 16.8. The maximum absolute atomic E-state index is 13.5. The van der Waals surface area contributed by atoms with E-state index in [0.717, 1.165) is 42.8 Å². The number of halogens is 2. The lowest BCUT2D eigenvalue weighted by molar-refractivity contribution is 0.0872. The van der Waals surface area contributed by atoms with Crippen LogP contribution in [0.3, 0.4) is 0 Å². The maximum Gasteiger partial charge on any atom is 0.269 e. The number of carbonyl (C=O) groups is 1. The monoisotopic (exact) mass is 469 g/mol. The van der Waals surface area contributed by atoms with Crippen molar-refractivity contribution in [1.82, 2.24) is 14.9 Å². The predicted octanol–water partition coefficient (Wildman–Crippen LogP) is 6.17. The van der Waals surface area contributed by atoms with Gasteiger partial charge < -0.3 is 10.1 Å². The molecule has 0 aliphatic rings. The van der Waals surface area contributed by atoms with Gasteiger partial charge in [0.2, 0.25) is 0 Å². The lowest BCUT2D eigenvalue weighted by Gasteiger charge is -2.14. The van der Waals surface area contributed by atoms with Crippen molar-refractivity contribution >= 4 is 5.91 Å². The molecule has 1 unspecified atom stereocenters. The zero-order chi connectivity index (χ0) is 24.3. The van der Waals surface area contributed by atoms with Crippen LogP contribution in [0.1, 0.15) is 56.4 Å². The first-order valence-corrected chi connectivity index (χ1v) is 12.0. The molecule has 5 nitrogen and oxygen atoms in total. The Bertz CT molecular complexity index is 1050. The fraction of sp³-hybridized carbons (Fsp3) is 0.407. The van der Waals surface area contributed by atoms with Crippen molar-refractivity contribution in [3.63, 3.8) is 0 Å². The molecular formula is C27H33F2N3O2. The van der Waals surface area contributed by atoms with Crippen molar-refractivity contribution < 1.29 is 18.3 Å². The van der Waals surface area contributed by atoms with Gasteiger partial charge in [0, 0.05) is 25.4 Å². The van der Waals surface area contributed by atoms with Crippen molar-refractivity contribution in [3.8, 4) is 16.8 Å². The molecule has 1 aromatic heterocycles. The number of hydrogen-bond acceptors (Lipinski definition) is 3. The Morgan fingerprint density at radius 2 is 1.82 bits per heavy atom.